The van der Waals surface area contributed by atoms with Crippen molar-refractivity contribution in [2.75, 3.05) is 6.54 Å². The van der Waals surface area contributed by atoms with E-state index in [2.05, 4.69) is 25.7 Å². The third kappa shape index (κ3) is 3.23. The fourth-order valence-electron chi connectivity index (χ4n) is 2.32. The van der Waals surface area contributed by atoms with E-state index in [0.29, 0.717) is 5.92 Å². The molecule has 0 radical (unpaired) electrons. The molecule has 1 rings (SSSR count). The molecule has 0 aliphatic heterocycles. The molecule has 0 N–H and O–H groups in total. The first-order chi connectivity index (χ1) is 6.65. The summed E-state index contributed by atoms with van der Waals surface area (Å²) in [6.45, 7) is 7.81. The van der Waals surface area contributed by atoms with Crippen LogP contribution >= 0.6 is 12.2 Å². The van der Waals surface area contributed by atoms with Crippen molar-refractivity contribution in [3.8, 4) is 0 Å². The Morgan fingerprint density at radius 2 is 1.93 bits per heavy atom. The van der Waals surface area contributed by atoms with Crippen molar-refractivity contribution in [2.45, 2.75) is 58.9 Å². The number of hydrogen-bond acceptors (Lipinski definition) is 1. The second-order valence-corrected chi connectivity index (χ2v) is 5.19. The van der Waals surface area contributed by atoms with Crippen molar-refractivity contribution in [1.82, 2.24) is 4.90 Å². The minimum Gasteiger partial charge on any atom is -0.363 e. The Labute approximate surface area is 93.9 Å². The van der Waals surface area contributed by atoms with Crippen LogP contribution in [-0.2, 0) is 0 Å². The van der Waals surface area contributed by atoms with E-state index in [1.807, 2.05) is 0 Å². The lowest BCUT2D eigenvalue weighted by atomic mass is 10.1. The van der Waals surface area contributed by atoms with Gasteiger partial charge in [0.05, 0.1) is 4.99 Å². The minimum absolute atomic E-state index is 0.693. The summed E-state index contributed by atoms with van der Waals surface area (Å²) in [4.78, 5) is 3.65. The first kappa shape index (κ1) is 12.0. The molecule has 0 aromatic rings. The van der Waals surface area contributed by atoms with E-state index in [-0.39, 0.29) is 0 Å². The first-order valence-corrected chi connectivity index (χ1v) is 6.35. The Kier molecular flexibility index (Phi) is 4.86. The van der Waals surface area contributed by atoms with E-state index in [4.69, 9.17) is 12.2 Å². The van der Waals surface area contributed by atoms with Crippen LogP contribution in [-0.4, -0.2) is 22.5 Å². The molecule has 1 aliphatic rings. The van der Waals surface area contributed by atoms with Crippen molar-refractivity contribution in [3.63, 3.8) is 0 Å². The summed E-state index contributed by atoms with van der Waals surface area (Å²) >= 11 is 5.51. The maximum Gasteiger partial charge on any atom is 0.0784 e. The van der Waals surface area contributed by atoms with E-state index in [1.165, 1.54) is 30.7 Å². The van der Waals surface area contributed by atoms with Crippen LogP contribution in [0, 0.1) is 5.92 Å². The Morgan fingerprint density at radius 3 is 2.36 bits per heavy atom. The lowest BCUT2D eigenvalue weighted by Crippen LogP contribution is -2.38. The predicted molar refractivity (Wildman–Crippen MR) is 66.7 cm³/mol. The molecule has 0 unspecified atom stereocenters. The van der Waals surface area contributed by atoms with Crippen LogP contribution in [0.25, 0.3) is 0 Å². The van der Waals surface area contributed by atoms with Gasteiger partial charge in [0.25, 0.3) is 0 Å². The summed E-state index contributed by atoms with van der Waals surface area (Å²) in [5, 5.41) is 0. The SMILES string of the molecule is CCN(C(=S)CC(C)C)C1CCCC1. The minimum atomic E-state index is 0.693. The number of thiocarbonyl (C=S) groups is 1. The van der Waals surface area contributed by atoms with Crippen molar-refractivity contribution in [1.29, 1.82) is 0 Å². The largest absolute Gasteiger partial charge is 0.363 e. The van der Waals surface area contributed by atoms with Gasteiger partial charge in [0, 0.05) is 19.0 Å². The molecule has 0 amide bonds. The van der Waals surface area contributed by atoms with Gasteiger partial charge in [-0.3, -0.25) is 0 Å². The molecule has 0 heterocycles. The van der Waals surface area contributed by atoms with Crippen LogP contribution in [0.1, 0.15) is 52.9 Å². The summed E-state index contributed by atoms with van der Waals surface area (Å²) in [7, 11) is 0. The highest BCUT2D eigenvalue weighted by molar-refractivity contribution is 7.80. The molecule has 82 valence electrons. The highest BCUT2D eigenvalue weighted by Crippen LogP contribution is 2.24. The van der Waals surface area contributed by atoms with Crippen LogP contribution in [0.2, 0.25) is 0 Å². The van der Waals surface area contributed by atoms with Gasteiger partial charge in [-0.05, 0) is 25.7 Å². The highest BCUT2D eigenvalue weighted by atomic mass is 32.1. The lowest BCUT2D eigenvalue weighted by molar-refractivity contribution is 0.325. The van der Waals surface area contributed by atoms with Crippen molar-refractivity contribution >= 4 is 17.2 Å². The third-order valence-corrected chi connectivity index (χ3v) is 3.41. The Bertz CT molecular complexity index is 183. The molecular weight excluding hydrogens is 190 g/mol. The van der Waals surface area contributed by atoms with Crippen LogP contribution in [0.15, 0.2) is 0 Å². The monoisotopic (exact) mass is 213 g/mol. The molecule has 1 nitrogen and oxygen atoms in total. The van der Waals surface area contributed by atoms with Crippen molar-refractivity contribution in [2.24, 2.45) is 5.92 Å². The van der Waals surface area contributed by atoms with Gasteiger partial charge in [-0.2, -0.15) is 0 Å². The molecule has 0 aromatic carbocycles. The summed E-state index contributed by atoms with van der Waals surface area (Å²) in [6.07, 6.45) is 6.58. The quantitative estimate of drug-likeness (QED) is 0.656. The maximum absolute atomic E-state index is 5.51. The zero-order valence-corrected chi connectivity index (χ0v) is 10.6. The molecule has 0 saturated heterocycles. The molecule has 2 heteroatoms. The van der Waals surface area contributed by atoms with Gasteiger partial charge in [-0.15, -0.1) is 0 Å². The zero-order valence-electron chi connectivity index (χ0n) is 9.75. The molecule has 1 aliphatic carbocycles. The maximum atomic E-state index is 5.51. The average molecular weight is 213 g/mol. The van der Waals surface area contributed by atoms with Gasteiger partial charge < -0.3 is 4.90 Å². The van der Waals surface area contributed by atoms with Gasteiger partial charge in [-0.1, -0.05) is 38.9 Å². The molecule has 1 saturated carbocycles. The third-order valence-electron chi connectivity index (χ3n) is 3.01. The molecule has 0 aromatic heterocycles. The molecule has 0 bridgehead atoms. The summed E-state index contributed by atoms with van der Waals surface area (Å²) in [5.74, 6) is 0.693. The first-order valence-electron chi connectivity index (χ1n) is 5.94. The Morgan fingerprint density at radius 1 is 1.36 bits per heavy atom. The predicted octanol–water partition coefficient (Wildman–Crippen LogP) is 3.62. The van der Waals surface area contributed by atoms with Crippen molar-refractivity contribution in [3.05, 3.63) is 0 Å². The van der Waals surface area contributed by atoms with E-state index in [0.717, 1.165) is 19.0 Å². The van der Waals surface area contributed by atoms with Gasteiger partial charge in [0.2, 0.25) is 0 Å². The summed E-state index contributed by atoms with van der Waals surface area (Å²) in [5.41, 5.74) is 0. The Hall–Kier alpha value is -0.110. The summed E-state index contributed by atoms with van der Waals surface area (Å²) in [6, 6.07) is 0.756. The molecule has 0 spiro atoms. The average Bonchev–Trinajstić information content (AvgIpc) is 2.57. The topological polar surface area (TPSA) is 3.24 Å². The number of hydrogen-bond donors (Lipinski definition) is 0. The fourth-order valence-corrected chi connectivity index (χ4v) is 2.93. The van der Waals surface area contributed by atoms with E-state index in [9.17, 15) is 0 Å². The van der Waals surface area contributed by atoms with Crippen molar-refractivity contribution < 1.29 is 0 Å². The normalized spacial score (nSPS) is 17.7. The van der Waals surface area contributed by atoms with Gasteiger partial charge >= 0.3 is 0 Å². The van der Waals surface area contributed by atoms with Crippen LogP contribution in [0.3, 0.4) is 0 Å². The van der Waals surface area contributed by atoms with Gasteiger partial charge in [0.15, 0.2) is 0 Å². The zero-order chi connectivity index (χ0) is 10.6. The highest BCUT2D eigenvalue weighted by Gasteiger charge is 2.23. The van der Waals surface area contributed by atoms with E-state index >= 15 is 0 Å². The smallest absolute Gasteiger partial charge is 0.0784 e. The second kappa shape index (κ2) is 5.69. The van der Waals surface area contributed by atoms with Crippen LogP contribution in [0.4, 0.5) is 0 Å². The molecule has 0 atom stereocenters. The van der Waals surface area contributed by atoms with Gasteiger partial charge in [0.1, 0.15) is 0 Å². The van der Waals surface area contributed by atoms with Gasteiger partial charge in [-0.25, -0.2) is 0 Å². The lowest BCUT2D eigenvalue weighted by Gasteiger charge is -2.31. The number of nitrogens with zero attached hydrogens (tertiary/aromatic N) is 1. The second-order valence-electron chi connectivity index (χ2n) is 4.72. The van der Waals surface area contributed by atoms with Crippen LogP contribution < -0.4 is 0 Å². The van der Waals surface area contributed by atoms with E-state index in [1.54, 1.807) is 0 Å². The standard InChI is InChI=1S/C12H23NS/c1-4-13(11-7-5-6-8-11)12(14)9-10(2)3/h10-11H,4-9H2,1-3H3. The van der Waals surface area contributed by atoms with E-state index < -0.39 is 0 Å². The summed E-state index contributed by atoms with van der Waals surface area (Å²) < 4.78 is 0. The Balaban J connectivity index is 2.47. The molecule has 14 heavy (non-hydrogen) atoms. The van der Waals surface area contributed by atoms with Crippen LogP contribution in [0.5, 0.6) is 0 Å². The number of rotatable bonds is 4. The molecule has 1 fully saturated rings. The fraction of sp³-hybridized carbons (Fsp3) is 0.917. The molecular formula is C12H23NS.